The molecule has 6 atom stereocenters. The minimum atomic E-state index is -0.819. The van der Waals surface area contributed by atoms with E-state index < -0.39 is 11.9 Å². The second-order valence-electron chi connectivity index (χ2n) is 7.07. The number of carbonyl (C=O) groups is 2. The molecule has 116 valence electrons. The van der Waals surface area contributed by atoms with Gasteiger partial charge in [0.1, 0.15) is 0 Å². The Labute approximate surface area is 126 Å². The zero-order chi connectivity index (χ0) is 15.0. The van der Waals surface area contributed by atoms with Gasteiger partial charge in [0.25, 0.3) is 0 Å². The normalized spacial score (nSPS) is 41.8. The fourth-order valence-corrected chi connectivity index (χ4v) is 4.50. The summed E-state index contributed by atoms with van der Waals surface area (Å²) >= 11 is 0. The molecule has 3 aliphatic carbocycles. The Morgan fingerprint density at radius 2 is 1.71 bits per heavy atom. The molecule has 6 unspecified atom stereocenters. The number of hydrogen-bond donors (Lipinski definition) is 2. The lowest BCUT2D eigenvalue weighted by atomic mass is 9.82. The molecule has 4 nitrogen and oxygen atoms in total. The molecule has 2 saturated carbocycles. The lowest BCUT2D eigenvalue weighted by Gasteiger charge is -2.29. The number of allylic oxidation sites excluding steroid dienone is 2. The Balaban J connectivity index is 1.69. The molecule has 3 rings (SSSR count). The first-order chi connectivity index (χ1) is 10.1. The van der Waals surface area contributed by atoms with E-state index in [4.69, 9.17) is 0 Å². The predicted octanol–water partition coefficient (Wildman–Crippen LogP) is 2.59. The van der Waals surface area contributed by atoms with Crippen LogP contribution < -0.4 is 5.32 Å². The lowest BCUT2D eigenvalue weighted by molar-refractivity contribution is -0.148. The highest BCUT2D eigenvalue weighted by atomic mass is 16.4. The second-order valence-corrected chi connectivity index (χ2v) is 7.07. The van der Waals surface area contributed by atoms with Crippen LogP contribution in [0, 0.1) is 29.6 Å². The molecule has 0 aromatic heterocycles. The van der Waals surface area contributed by atoms with E-state index in [-0.39, 0.29) is 29.7 Å². The van der Waals surface area contributed by atoms with Crippen molar-refractivity contribution in [2.75, 3.05) is 0 Å². The molecule has 0 heterocycles. The molecule has 3 aliphatic rings. The van der Waals surface area contributed by atoms with Crippen molar-refractivity contribution in [2.45, 2.75) is 51.5 Å². The summed E-state index contributed by atoms with van der Waals surface area (Å²) in [6.45, 7) is 2.20. The predicted molar refractivity (Wildman–Crippen MR) is 79.5 cm³/mol. The minimum Gasteiger partial charge on any atom is -0.481 e. The summed E-state index contributed by atoms with van der Waals surface area (Å²) in [7, 11) is 0. The first kappa shape index (κ1) is 14.6. The maximum Gasteiger partial charge on any atom is 0.307 e. The van der Waals surface area contributed by atoms with Crippen molar-refractivity contribution >= 4 is 11.9 Å². The van der Waals surface area contributed by atoms with Crippen LogP contribution >= 0.6 is 0 Å². The van der Waals surface area contributed by atoms with Crippen LogP contribution in [0.4, 0.5) is 0 Å². The Kier molecular flexibility index (Phi) is 4.05. The van der Waals surface area contributed by atoms with Gasteiger partial charge in [0.15, 0.2) is 0 Å². The van der Waals surface area contributed by atoms with Crippen molar-refractivity contribution in [1.29, 1.82) is 0 Å². The Hall–Kier alpha value is -1.32. The number of amides is 1. The number of rotatable bonds is 3. The fraction of sp³-hybridized carbons (Fsp3) is 0.765. The van der Waals surface area contributed by atoms with Gasteiger partial charge in [-0.2, -0.15) is 0 Å². The Morgan fingerprint density at radius 3 is 2.43 bits per heavy atom. The highest BCUT2D eigenvalue weighted by Gasteiger charge is 2.51. The monoisotopic (exact) mass is 291 g/mol. The van der Waals surface area contributed by atoms with E-state index in [0.717, 1.165) is 25.7 Å². The number of carboxylic acid groups (broad SMARTS) is 1. The number of fused-ring (bicyclic) bond motifs is 2. The van der Waals surface area contributed by atoms with E-state index in [1.54, 1.807) is 0 Å². The van der Waals surface area contributed by atoms with Crippen LogP contribution in [0.2, 0.25) is 0 Å². The van der Waals surface area contributed by atoms with Gasteiger partial charge in [-0.1, -0.05) is 38.3 Å². The van der Waals surface area contributed by atoms with E-state index in [2.05, 4.69) is 12.2 Å². The summed E-state index contributed by atoms with van der Waals surface area (Å²) in [5.41, 5.74) is 0. The molecular weight excluding hydrogens is 266 g/mol. The molecule has 0 radical (unpaired) electrons. The Morgan fingerprint density at radius 1 is 1.05 bits per heavy atom. The summed E-state index contributed by atoms with van der Waals surface area (Å²) in [6, 6.07) is 0.220. The van der Waals surface area contributed by atoms with Gasteiger partial charge in [-0.15, -0.1) is 0 Å². The zero-order valence-electron chi connectivity index (χ0n) is 12.6. The van der Waals surface area contributed by atoms with Gasteiger partial charge in [0.2, 0.25) is 5.91 Å². The summed E-state index contributed by atoms with van der Waals surface area (Å²) in [5.74, 6) is -1.08. The maximum atomic E-state index is 12.7. The molecule has 2 N–H and O–H groups in total. The highest BCUT2D eigenvalue weighted by Crippen LogP contribution is 2.48. The largest absolute Gasteiger partial charge is 0.481 e. The number of nitrogens with one attached hydrogen (secondary N) is 1. The summed E-state index contributed by atoms with van der Waals surface area (Å²) in [5, 5.41) is 12.6. The smallest absolute Gasteiger partial charge is 0.307 e. The average molecular weight is 291 g/mol. The minimum absolute atomic E-state index is 0.0296. The quantitative estimate of drug-likeness (QED) is 0.620. The van der Waals surface area contributed by atoms with Crippen molar-refractivity contribution in [3.8, 4) is 0 Å². The molecule has 2 bridgehead atoms. The second kappa shape index (κ2) is 5.82. The molecule has 2 fully saturated rings. The standard InChI is InChI=1S/C17H25NO3/c1-10-5-3-2-4-6-13(10)18-16(19)14-11-7-8-12(9-11)15(14)17(20)21/h7-8,10-15H,2-6,9H2,1H3,(H,18,19)(H,20,21). The number of aliphatic carboxylic acids is 1. The van der Waals surface area contributed by atoms with Crippen LogP contribution in [0.3, 0.4) is 0 Å². The van der Waals surface area contributed by atoms with Crippen LogP contribution in [0.1, 0.15) is 45.4 Å². The first-order valence-electron chi connectivity index (χ1n) is 8.29. The molecular formula is C17H25NO3. The van der Waals surface area contributed by atoms with Crippen LogP contribution in [0.15, 0.2) is 12.2 Å². The number of hydrogen-bond acceptors (Lipinski definition) is 2. The summed E-state index contributed by atoms with van der Waals surface area (Å²) in [6.07, 6.45) is 10.7. The van der Waals surface area contributed by atoms with Gasteiger partial charge in [-0.05, 0) is 37.0 Å². The highest BCUT2D eigenvalue weighted by molar-refractivity contribution is 5.87. The molecule has 0 spiro atoms. The molecule has 4 heteroatoms. The molecule has 0 saturated heterocycles. The summed E-state index contributed by atoms with van der Waals surface area (Å²) in [4.78, 5) is 24.2. The average Bonchev–Trinajstić information content (AvgIpc) is 3.00. The van der Waals surface area contributed by atoms with E-state index in [9.17, 15) is 14.7 Å². The molecule has 1 amide bonds. The van der Waals surface area contributed by atoms with Crippen LogP contribution in [0.25, 0.3) is 0 Å². The molecule has 0 aromatic rings. The third-order valence-electron chi connectivity index (χ3n) is 5.74. The van der Waals surface area contributed by atoms with Crippen molar-refractivity contribution in [3.63, 3.8) is 0 Å². The topological polar surface area (TPSA) is 66.4 Å². The fourth-order valence-electron chi connectivity index (χ4n) is 4.50. The summed E-state index contributed by atoms with van der Waals surface area (Å²) < 4.78 is 0. The van der Waals surface area contributed by atoms with Gasteiger partial charge in [-0.3, -0.25) is 9.59 Å². The number of carboxylic acids is 1. The van der Waals surface area contributed by atoms with E-state index >= 15 is 0 Å². The van der Waals surface area contributed by atoms with Gasteiger partial charge in [-0.25, -0.2) is 0 Å². The van der Waals surface area contributed by atoms with E-state index in [1.165, 1.54) is 12.8 Å². The van der Waals surface area contributed by atoms with Crippen molar-refractivity contribution in [1.82, 2.24) is 5.32 Å². The number of carbonyl (C=O) groups excluding carboxylic acids is 1. The molecule has 0 aliphatic heterocycles. The van der Waals surface area contributed by atoms with Gasteiger partial charge < -0.3 is 10.4 Å². The van der Waals surface area contributed by atoms with Gasteiger partial charge in [0.05, 0.1) is 11.8 Å². The van der Waals surface area contributed by atoms with Crippen molar-refractivity contribution in [2.24, 2.45) is 29.6 Å². The van der Waals surface area contributed by atoms with E-state index in [1.807, 2.05) is 12.2 Å². The van der Waals surface area contributed by atoms with Crippen LogP contribution in [0.5, 0.6) is 0 Å². The van der Waals surface area contributed by atoms with Gasteiger partial charge in [0, 0.05) is 6.04 Å². The third kappa shape index (κ3) is 2.72. The molecule has 0 aromatic carbocycles. The van der Waals surface area contributed by atoms with Gasteiger partial charge >= 0.3 is 5.97 Å². The van der Waals surface area contributed by atoms with E-state index in [0.29, 0.717) is 5.92 Å². The Bertz CT molecular complexity index is 459. The third-order valence-corrected chi connectivity index (χ3v) is 5.74. The molecule has 21 heavy (non-hydrogen) atoms. The maximum absolute atomic E-state index is 12.7. The zero-order valence-corrected chi connectivity index (χ0v) is 12.6. The lowest BCUT2D eigenvalue weighted by Crippen LogP contribution is -2.46. The van der Waals surface area contributed by atoms with Crippen molar-refractivity contribution in [3.05, 3.63) is 12.2 Å². The first-order valence-corrected chi connectivity index (χ1v) is 8.29. The van der Waals surface area contributed by atoms with Crippen LogP contribution in [-0.4, -0.2) is 23.0 Å². The SMILES string of the molecule is CC1CCCCCC1NC(=O)C1C2C=CC(C2)C1C(=O)O. The van der Waals surface area contributed by atoms with Crippen LogP contribution in [-0.2, 0) is 9.59 Å². The van der Waals surface area contributed by atoms with Crippen molar-refractivity contribution < 1.29 is 14.7 Å².